The van der Waals surface area contributed by atoms with Gasteiger partial charge in [-0.1, -0.05) is 29.8 Å². The van der Waals surface area contributed by atoms with Gasteiger partial charge in [-0.3, -0.25) is 10.1 Å². The number of nitro groups is 1. The lowest BCUT2D eigenvalue weighted by Crippen LogP contribution is -1.98. The summed E-state index contributed by atoms with van der Waals surface area (Å²) in [6.07, 6.45) is 0. The Labute approximate surface area is 157 Å². The average Bonchev–Trinajstić information content (AvgIpc) is 3.14. The Hall–Kier alpha value is -3.65. The molecule has 3 aromatic carbocycles. The lowest BCUT2D eigenvalue weighted by Gasteiger charge is -2.09. The molecule has 134 valence electrons. The standard InChI is InChI=1S/C18H11ClN4O4/c19-14-10-15(18(23(24)25)17-16(14)21-27-22-17)20-11-6-8-13(9-7-11)26-12-4-2-1-3-5-12/h1-10,20H. The van der Waals surface area contributed by atoms with Crippen LogP contribution in [0.3, 0.4) is 0 Å². The minimum Gasteiger partial charge on any atom is -0.457 e. The van der Waals surface area contributed by atoms with Gasteiger partial charge < -0.3 is 10.1 Å². The smallest absolute Gasteiger partial charge is 0.324 e. The van der Waals surface area contributed by atoms with E-state index >= 15 is 0 Å². The Kier molecular flexibility index (Phi) is 4.31. The van der Waals surface area contributed by atoms with Crippen molar-refractivity contribution in [1.29, 1.82) is 0 Å². The number of hydrogen-bond donors (Lipinski definition) is 1. The predicted octanol–water partition coefficient (Wildman–Crippen LogP) is 5.32. The number of benzene rings is 3. The number of fused-ring (bicyclic) bond motifs is 1. The van der Waals surface area contributed by atoms with E-state index in [0.29, 0.717) is 17.2 Å². The van der Waals surface area contributed by atoms with Gasteiger partial charge in [0, 0.05) is 5.69 Å². The van der Waals surface area contributed by atoms with Crippen molar-refractivity contribution >= 4 is 39.7 Å². The molecule has 0 aliphatic rings. The molecule has 9 heteroatoms. The second-order valence-corrected chi connectivity index (χ2v) is 5.94. The van der Waals surface area contributed by atoms with Gasteiger partial charge >= 0.3 is 5.69 Å². The van der Waals surface area contributed by atoms with Gasteiger partial charge in [0.25, 0.3) is 0 Å². The van der Waals surface area contributed by atoms with Gasteiger partial charge in [0.2, 0.25) is 5.52 Å². The van der Waals surface area contributed by atoms with Crippen LogP contribution in [0.15, 0.2) is 65.3 Å². The molecule has 0 saturated carbocycles. The minimum atomic E-state index is -0.557. The second kappa shape index (κ2) is 6.93. The lowest BCUT2D eigenvalue weighted by atomic mass is 10.2. The van der Waals surface area contributed by atoms with Crippen LogP contribution in [-0.2, 0) is 0 Å². The van der Waals surface area contributed by atoms with Gasteiger partial charge in [-0.15, -0.1) is 0 Å². The number of halogens is 1. The average molecular weight is 383 g/mol. The fraction of sp³-hybridized carbons (Fsp3) is 0. The summed E-state index contributed by atoms with van der Waals surface area (Å²) in [6, 6.07) is 17.7. The van der Waals surface area contributed by atoms with Gasteiger partial charge in [-0.05, 0) is 52.8 Å². The number of aromatic nitrogens is 2. The third-order valence-corrected chi connectivity index (χ3v) is 4.05. The lowest BCUT2D eigenvalue weighted by molar-refractivity contribution is -0.382. The second-order valence-electron chi connectivity index (χ2n) is 5.54. The first-order valence-corrected chi connectivity index (χ1v) is 8.19. The molecule has 0 atom stereocenters. The summed E-state index contributed by atoms with van der Waals surface area (Å²) < 4.78 is 10.3. The Morgan fingerprint density at radius 2 is 1.67 bits per heavy atom. The quantitative estimate of drug-likeness (QED) is 0.368. The third-order valence-electron chi connectivity index (χ3n) is 3.76. The van der Waals surface area contributed by atoms with Crippen molar-refractivity contribution in [1.82, 2.24) is 10.3 Å². The monoisotopic (exact) mass is 382 g/mol. The number of hydrogen-bond acceptors (Lipinski definition) is 7. The fourth-order valence-electron chi connectivity index (χ4n) is 2.56. The van der Waals surface area contributed by atoms with Crippen LogP contribution in [0.1, 0.15) is 0 Å². The number of anilines is 2. The first-order chi connectivity index (χ1) is 13.1. The number of rotatable bonds is 5. The van der Waals surface area contributed by atoms with Crippen molar-refractivity contribution in [2.75, 3.05) is 5.32 Å². The maximum atomic E-state index is 11.5. The molecule has 0 aliphatic carbocycles. The number of para-hydroxylation sites is 1. The van der Waals surface area contributed by atoms with Gasteiger partial charge in [-0.2, -0.15) is 0 Å². The van der Waals surface area contributed by atoms with Crippen LogP contribution in [0.25, 0.3) is 11.0 Å². The summed E-state index contributed by atoms with van der Waals surface area (Å²) in [5, 5.41) is 21.8. The van der Waals surface area contributed by atoms with E-state index in [1.807, 2.05) is 30.3 Å². The van der Waals surface area contributed by atoms with E-state index in [1.54, 1.807) is 24.3 Å². The molecular formula is C18H11ClN4O4. The van der Waals surface area contributed by atoms with Gasteiger partial charge in [0.1, 0.15) is 17.2 Å². The highest BCUT2D eigenvalue weighted by atomic mass is 35.5. The Morgan fingerprint density at radius 3 is 2.37 bits per heavy atom. The first-order valence-electron chi connectivity index (χ1n) is 7.81. The molecule has 0 saturated heterocycles. The minimum absolute atomic E-state index is 0.0148. The molecule has 0 unspecified atom stereocenters. The van der Waals surface area contributed by atoms with Crippen LogP contribution in [0.4, 0.5) is 17.1 Å². The number of ether oxygens (including phenoxy) is 1. The van der Waals surface area contributed by atoms with E-state index in [4.69, 9.17) is 16.3 Å². The van der Waals surface area contributed by atoms with E-state index in [-0.39, 0.29) is 27.4 Å². The molecule has 8 nitrogen and oxygen atoms in total. The SMILES string of the molecule is O=[N+]([O-])c1c(Nc2ccc(Oc3ccccc3)cc2)cc(Cl)c2nonc12. The molecule has 1 aromatic heterocycles. The summed E-state index contributed by atoms with van der Waals surface area (Å²) in [4.78, 5) is 10.9. The highest BCUT2D eigenvalue weighted by Gasteiger charge is 2.25. The zero-order chi connectivity index (χ0) is 18.8. The van der Waals surface area contributed by atoms with E-state index < -0.39 is 4.92 Å². The molecule has 0 spiro atoms. The van der Waals surface area contributed by atoms with Crippen LogP contribution in [0.2, 0.25) is 5.02 Å². The molecule has 0 amide bonds. The summed E-state index contributed by atoms with van der Waals surface area (Å²) in [5.74, 6) is 1.35. The first kappa shape index (κ1) is 16.8. The Bertz CT molecular complexity index is 1110. The van der Waals surface area contributed by atoms with Crippen LogP contribution < -0.4 is 10.1 Å². The van der Waals surface area contributed by atoms with Crippen LogP contribution in [0, 0.1) is 10.1 Å². The Balaban J connectivity index is 1.62. The number of nitrogens with zero attached hydrogens (tertiary/aromatic N) is 3. The molecule has 0 fully saturated rings. The molecule has 4 rings (SSSR count). The van der Waals surface area contributed by atoms with Gasteiger partial charge in [0.05, 0.1) is 9.95 Å². The summed E-state index contributed by atoms with van der Waals surface area (Å²) in [5.41, 5.74) is 0.662. The molecule has 4 aromatic rings. The highest BCUT2D eigenvalue weighted by molar-refractivity contribution is 6.35. The van der Waals surface area contributed by atoms with Crippen molar-refractivity contribution in [3.05, 3.63) is 75.8 Å². The number of nitro benzene ring substituents is 1. The highest BCUT2D eigenvalue weighted by Crippen LogP contribution is 2.38. The van der Waals surface area contributed by atoms with E-state index in [1.165, 1.54) is 6.07 Å². The zero-order valence-electron chi connectivity index (χ0n) is 13.6. The van der Waals surface area contributed by atoms with Crippen molar-refractivity contribution in [2.45, 2.75) is 0 Å². The van der Waals surface area contributed by atoms with E-state index in [2.05, 4.69) is 20.3 Å². The predicted molar refractivity (Wildman–Crippen MR) is 99.7 cm³/mol. The van der Waals surface area contributed by atoms with Gasteiger partial charge in [0.15, 0.2) is 5.52 Å². The molecule has 0 radical (unpaired) electrons. The van der Waals surface area contributed by atoms with Crippen LogP contribution >= 0.6 is 11.6 Å². The molecule has 1 heterocycles. The maximum Gasteiger partial charge on any atom is 0.324 e. The fourth-order valence-corrected chi connectivity index (χ4v) is 2.79. The van der Waals surface area contributed by atoms with E-state index in [0.717, 1.165) is 0 Å². The molecular weight excluding hydrogens is 372 g/mol. The summed E-state index contributed by atoms with van der Waals surface area (Å²) in [7, 11) is 0. The third kappa shape index (κ3) is 3.38. The summed E-state index contributed by atoms with van der Waals surface area (Å²) >= 11 is 6.12. The largest absolute Gasteiger partial charge is 0.457 e. The van der Waals surface area contributed by atoms with Crippen molar-refractivity contribution in [2.24, 2.45) is 0 Å². The number of nitrogens with one attached hydrogen (secondary N) is 1. The van der Waals surface area contributed by atoms with E-state index in [9.17, 15) is 10.1 Å². The maximum absolute atomic E-state index is 11.5. The molecule has 0 aliphatic heterocycles. The van der Waals surface area contributed by atoms with Gasteiger partial charge in [-0.25, -0.2) is 4.63 Å². The zero-order valence-corrected chi connectivity index (χ0v) is 14.4. The molecule has 0 bridgehead atoms. The normalized spacial score (nSPS) is 10.7. The Morgan fingerprint density at radius 1 is 1.00 bits per heavy atom. The van der Waals surface area contributed by atoms with Crippen LogP contribution in [-0.4, -0.2) is 15.2 Å². The summed E-state index contributed by atoms with van der Waals surface area (Å²) in [6.45, 7) is 0. The van der Waals surface area contributed by atoms with Crippen molar-refractivity contribution in [3.63, 3.8) is 0 Å². The molecule has 27 heavy (non-hydrogen) atoms. The van der Waals surface area contributed by atoms with Crippen molar-refractivity contribution in [3.8, 4) is 11.5 Å². The molecule has 1 N–H and O–H groups in total. The topological polar surface area (TPSA) is 103 Å². The van der Waals surface area contributed by atoms with Crippen molar-refractivity contribution < 1.29 is 14.3 Å². The van der Waals surface area contributed by atoms with Crippen LogP contribution in [0.5, 0.6) is 11.5 Å².